The summed E-state index contributed by atoms with van der Waals surface area (Å²) in [6, 6.07) is 0. The first-order valence-corrected chi connectivity index (χ1v) is 9.55. The molecule has 0 spiro atoms. The van der Waals surface area contributed by atoms with E-state index in [-0.39, 0.29) is 0 Å². The Bertz CT molecular complexity index is 320. The summed E-state index contributed by atoms with van der Waals surface area (Å²) in [5, 5.41) is 0. The average molecular weight is 276 g/mol. The molecule has 1 saturated heterocycles. The van der Waals surface area contributed by atoms with Gasteiger partial charge in [0.25, 0.3) is 0 Å². The molecule has 20 heavy (non-hydrogen) atoms. The van der Waals surface area contributed by atoms with Crippen molar-refractivity contribution in [1.82, 2.24) is 0 Å². The molecule has 5 atom stereocenters. The van der Waals surface area contributed by atoms with E-state index in [0.717, 1.165) is 23.7 Å². The van der Waals surface area contributed by atoms with Crippen LogP contribution in [0.4, 0.5) is 0 Å². The number of hydrogen-bond donors (Lipinski definition) is 0. The smallest absolute Gasteiger partial charge is 0.0844 e. The predicted molar refractivity (Wildman–Crippen MR) is 82.6 cm³/mol. The molecule has 4 fully saturated rings. The van der Waals surface area contributed by atoms with Gasteiger partial charge in [0.15, 0.2) is 0 Å². The Balaban J connectivity index is 1.30. The number of fused-ring (bicyclic) bond motifs is 1. The molecule has 3 aliphatic carbocycles. The molecule has 0 bridgehead atoms. The summed E-state index contributed by atoms with van der Waals surface area (Å²) in [6.07, 6.45) is 21.0. The molecular weight excluding hydrogens is 244 g/mol. The Kier molecular flexibility index (Phi) is 4.07. The highest BCUT2D eigenvalue weighted by Crippen LogP contribution is 2.47. The lowest BCUT2D eigenvalue weighted by molar-refractivity contribution is 0.211. The van der Waals surface area contributed by atoms with Gasteiger partial charge in [-0.15, -0.1) is 0 Å². The first-order chi connectivity index (χ1) is 9.90. The fourth-order valence-electron chi connectivity index (χ4n) is 5.77. The predicted octanol–water partition coefficient (Wildman–Crippen LogP) is 5.33. The van der Waals surface area contributed by atoms with Crippen molar-refractivity contribution in [2.75, 3.05) is 0 Å². The highest BCUT2D eigenvalue weighted by atomic mass is 16.6. The summed E-state index contributed by atoms with van der Waals surface area (Å²) in [6.45, 7) is 0. The third-order valence-corrected chi connectivity index (χ3v) is 7.09. The molecule has 4 aliphatic rings. The van der Waals surface area contributed by atoms with Crippen LogP contribution in [0.15, 0.2) is 0 Å². The van der Waals surface area contributed by atoms with Gasteiger partial charge in [-0.05, 0) is 55.8 Å². The third kappa shape index (κ3) is 2.93. The summed E-state index contributed by atoms with van der Waals surface area (Å²) in [5.74, 6) is 4.26. The van der Waals surface area contributed by atoms with E-state index < -0.39 is 0 Å². The molecule has 0 aromatic heterocycles. The second-order valence-corrected chi connectivity index (χ2v) is 8.21. The summed E-state index contributed by atoms with van der Waals surface area (Å²) in [7, 11) is 0. The fraction of sp³-hybridized carbons (Fsp3) is 1.00. The van der Waals surface area contributed by atoms with Gasteiger partial charge in [-0.25, -0.2) is 0 Å². The Morgan fingerprint density at radius 1 is 0.450 bits per heavy atom. The van der Waals surface area contributed by atoms with Crippen LogP contribution < -0.4 is 0 Å². The second-order valence-electron chi connectivity index (χ2n) is 8.21. The van der Waals surface area contributed by atoms with Gasteiger partial charge in [0.05, 0.1) is 12.2 Å². The van der Waals surface area contributed by atoms with E-state index in [4.69, 9.17) is 4.74 Å². The highest BCUT2D eigenvalue weighted by molar-refractivity contribution is 4.94. The summed E-state index contributed by atoms with van der Waals surface area (Å²) in [4.78, 5) is 0. The molecule has 1 heterocycles. The van der Waals surface area contributed by atoms with Crippen molar-refractivity contribution in [3.05, 3.63) is 0 Å². The van der Waals surface area contributed by atoms with Gasteiger partial charge in [0.2, 0.25) is 0 Å². The number of rotatable bonds is 2. The van der Waals surface area contributed by atoms with Crippen molar-refractivity contribution in [1.29, 1.82) is 0 Å². The largest absolute Gasteiger partial charge is 0.370 e. The maximum absolute atomic E-state index is 5.75. The van der Waals surface area contributed by atoms with Crippen molar-refractivity contribution < 1.29 is 4.74 Å². The highest BCUT2D eigenvalue weighted by Gasteiger charge is 2.45. The van der Waals surface area contributed by atoms with E-state index in [0.29, 0.717) is 12.2 Å². The molecule has 0 radical (unpaired) electrons. The monoisotopic (exact) mass is 276 g/mol. The second kappa shape index (κ2) is 5.99. The minimum Gasteiger partial charge on any atom is -0.370 e. The molecule has 0 amide bonds. The molecule has 0 aromatic rings. The van der Waals surface area contributed by atoms with Crippen LogP contribution in [-0.2, 0) is 4.74 Å². The van der Waals surface area contributed by atoms with Crippen molar-refractivity contribution >= 4 is 0 Å². The zero-order valence-electron chi connectivity index (χ0n) is 13.1. The zero-order chi connectivity index (χ0) is 13.4. The quantitative estimate of drug-likeness (QED) is 0.490. The molecule has 1 heteroatoms. The van der Waals surface area contributed by atoms with Crippen LogP contribution in [0.2, 0.25) is 0 Å². The first kappa shape index (κ1) is 13.6. The summed E-state index contributed by atoms with van der Waals surface area (Å²) >= 11 is 0. The average Bonchev–Trinajstić information content (AvgIpc) is 3.30. The SMILES string of the molecule is C1CCC(C2CCCC(C3CCC4OC4C3)CC2)CC1. The molecule has 0 aromatic carbocycles. The van der Waals surface area contributed by atoms with Crippen molar-refractivity contribution in [3.8, 4) is 0 Å². The molecular formula is C19H32O. The van der Waals surface area contributed by atoms with Crippen LogP contribution in [0.5, 0.6) is 0 Å². The Morgan fingerprint density at radius 3 is 1.80 bits per heavy atom. The van der Waals surface area contributed by atoms with Gasteiger partial charge in [0.1, 0.15) is 0 Å². The standard InChI is InChI=1S/C19H32O/c1-2-5-14(6-3-1)15-7-4-8-16(10-9-15)17-11-12-18-19(13-17)20-18/h14-19H,1-13H2. The van der Waals surface area contributed by atoms with Gasteiger partial charge >= 0.3 is 0 Å². The van der Waals surface area contributed by atoms with E-state index in [2.05, 4.69) is 0 Å². The van der Waals surface area contributed by atoms with E-state index in [1.54, 1.807) is 32.1 Å². The van der Waals surface area contributed by atoms with Crippen LogP contribution in [0.25, 0.3) is 0 Å². The molecule has 114 valence electrons. The van der Waals surface area contributed by atoms with Crippen molar-refractivity contribution in [2.45, 2.75) is 95.7 Å². The van der Waals surface area contributed by atoms with Crippen LogP contribution in [0.3, 0.4) is 0 Å². The zero-order valence-corrected chi connectivity index (χ0v) is 13.1. The molecule has 5 unspecified atom stereocenters. The topological polar surface area (TPSA) is 12.5 Å². The van der Waals surface area contributed by atoms with Gasteiger partial charge in [-0.1, -0.05) is 51.4 Å². The lowest BCUT2D eigenvalue weighted by Crippen LogP contribution is -2.22. The number of epoxide rings is 1. The van der Waals surface area contributed by atoms with E-state index in [1.807, 2.05) is 0 Å². The van der Waals surface area contributed by atoms with Crippen LogP contribution in [0, 0.1) is 23.7 Å². The minimum atomic E-state index is 0.686. The molecule has 0 N–H and O–H groups in total. The van der Waals surface area contributed by atoms with E-state index >= 15 is 0 Å². The van der Waals surface area contributed by atoms with Crippen molar-refractivity contribution in [3.63, 3.8) is 0 Å². The van der Waals surface area contributed by atoms with Gasteiger partial charge in [-0.3, -0.25) is 0 Å². The first-order valence-electron chi connectivity index (χ1n) is 9.55. The Hall–Kier alpha value is -0.0400. The maximum Gasteiger partial charge on any atom is 0.0844 e. The normalized spacial score (nSPS) is 46.5. The Labute approximate surface area is 124 Å². The molecule has 4 rings (SSSR count). The van der Waals surface area contributed by atoms with Gasteiger partial charge < -0.3 is 4.74 Å². The third-order valence-electron chi connectivity index (χ3n) is 7.09. The minimum absolute atomic E-state index is 0.686. The van der Waals surface area contributed by atoms with Crippen LogP contribution in [-0.4, -0.2) is 12.2 Å². The van der Waals surface area contributed by atoms with E-state index in [9.17, 15) is 0 Å². The fourth-order valence-corrected chi connectivity index (χ4v) is 5.77. The summed E-state index contributed by atoms with van der Waals surface area (Å²) < 4.78 is 5.75. The lowest BCUT2D eigenvalue weighted by Gasteiger charge is -2.30. The van der Waals surface area contributed by atoms with Gasteiger partial charge in [-0.2, -0.15) is 0 Å². The lowest BCUT2D eigenvalue weighted by atomic mass is 9.75. The van der Waals surface area contributed by atoms with Gasteiger partial charge in [0, 0.05) is 0 Å². The Morgan fingerprint density at radius 2 is 1.05 bits per heavy atom. The van der Waals surface area contributed by atoms with Crippen LogP contribution >= 0.6 is 0 Å². The van der Waals surface area contributed by atoms with Crippen LogP contribution in [0.1, 0.15) is 83.5 Å². The molecule has 3 saturated carbocycles. The molecule has 1 nitrogen and oxygen atoms in total. The molecule has 1 aliphatic heterocycles. The number of ether oxygens (including phenoxy) is 1. The van der Waals surface area contributed by atoms with E-state index in [1.165, 1.54) is 51.4 Å². The number of hydrogen-bond acceptors (Lipinski definition) is 1. The van der Waals surface area contributed by atoms with Crippen molar-refractivity contribution in [2.24, 2.45) is 23.7 Å². The maximum atomic E-state index is 5.75. The summed E-state index contributed by atoms with van der Waals surface area (Å²) in [5.41, 5.74) is 0.